The quantitative estimate of drug-likeness (QED) is 0.842. The van der Waals surface area contributed by atoms with Crippen LogP contribution in [0.2, 0.25) is 5.02 Å². The van der Waals surface area contributed by atoms with Gasteiger partial charge >= 0.3 is 0 Å². The molecule has 0 aliphatic carbocycles. The predicted octanol–water partition coefficient (Wildman–Crippen LogP) is 1.16. The van der Waals surface area contributed by atoms with Gasteiger partial charge in [-0.15, -0.1) is 0 Å². The van der Waals surface area contributed by atoms with Crippen molar-refractivity contribution < 1.29 is 14.7 Å². The van der Waals surface area contributed by atoms with Gasteiger partial charge in [0.25, 0.3) is 5.91 Å². The zero-order valence-corrected chi connectivity index (χ0v) is 12.2. The van der Waals surface area contributed by atoms with Gasteiger partial charge in [-0.05, 0) is 34.1 Å². The van der Waals surface area contributed by atoms with Crippen molar-refractivity contribution in [2.24, 2.45) is 5.73 Å². The van der Waals surface area contributed by atoms with Gasteiger partial charge in [0.05, 0.1) is 11.7 Å². The lowest BCUT2D eigenvalue weighted by atomic mass is 10.1. The summed E-state index contributed by atoms with van der Waals surface area (Å²) in [5, 5.41) is 10.1. The molecule has 1 aromatic carbocycles. The molecule has 7 heteroatoms. The predicted molar refractivity (Wildman–Crippen MR) is 73.8 cm³/mol. The number of aliphatic hydroxyl groups excluding tert-OH is 1. The summed E-state index contributed by atoms with van der Waals surface area (Å²) in [6.07, 6.45) is -0.556. The van der Waals surface area contributed by atoms with Crippen LogP contribution in [0, 0.1) is 0 Å². The van der Waals surface area contributed by atoms with Gasteiger partial charge in [-0.3, -0.25) is 9.59 Å². The number of nitrogens with two attached hydrogens (primary N) is 1. The fraction of sp³-hybridized carbons (Fsp3) is 0.333. The van der Waals surface area contributed by atoms with Crippen LogP contribution in [-0.4, -0.2) is 40.5 Å². The summed E-state index contributed by atoms with van der Waals surface area (Å²) in [5.41, 5.74) is 5.63. The molecule has 102 valence electrons. The number of carbonyl (C=O) groups excluding carboxylic acids is 2. The molecule has 2 unspecified atom stereocenters. The highest BCUT2D eigenvalue weighted by atomic mass is 79.9. The molecule has 0 radical (unpaired) electrons. The first-order valence-electron chi connectivity index (χ1n) is 5.63. The molecule has 0 bridgehead atoms. The van der Waals surface area contributed by atoms with Crippen molar-refractivity contribution >= 4 is 39.3 Å². The van der Waals surface area contributed by atoms with Gasteiger partial charge in [-0.1, -0.05) is 11.6 Å². The number of aliphatic hydroxyl groups is 1. The summed E-state index contributed by atoms with van der Waals surface area (Å²) in [6.45, 7) is 0.0987. The van der Waals surface area contributed by atoms with Gasteiger partial charge in [-0.2, -0.15) is 0 Å². The Morgan fingerprint density at radius 1 is 1.47 bits per heavy atom. The van der Waals surface area contributed by atoms with Crippen LogP contribution in [-0.2, 0) is 4.79 Å². The van der Waals surface area contributed by atoms with E-state index in [9.17, 15) is 14.7 Å². The van der Waals surface area contributed by atoms with Gasteiger partial charge in [-0.25, -0.2) is 0 Å². The molecule has 1 fully saturated rings. The molecule has 0 spiro atoms. The number of halogens is 2. The van der Waals surface area contributed by atoms with Crippen LogP contribution in [0.5, 0.6) is 0 Å². The van der Waals surface area contributed by atoms with E-state index in [-0.39, 0.29) is 18.9 Å². The molecule has 19 heavy (non-hydrogen) atoms. The van der Waals surface area contributed by atoms with Crippen LogP contribution < -0.4 is 5.73 Å². The van der Waals surface area contributed by atoms with E-state index in [1.165, 1.54) is 4.90 Å². The van der Waals surface area contributed by atoms with Crippen molar-refractivity contribution in [3.05, 3.63) is 33.3 Å². The van der Waals surface area contributed by atoms with Gasteiger partial charge in [0.1, 0.15) is 6.04 Å². The maximum Gasteiger partial charge on any atom is 0.255 e. The minimum Gasteiger partial charge on any atom is -0.391 e. The number of rotatable bonds is 2. The largest absolute Gasteiger partial charge is 0.391 e. The Morgan fingerprint density at radius 3 is 2.74 bits per heavy atom. The van der Waals surface area contributed by atoms with Crippen molar-refractivity contribution in [3.63, 3.8) is 0 Å². The second-order valence-corrected chi connectivity index (χ2v) is 5.68. The number of carbonyl (C=O) groups is 2. The van der Waals surface area contributed by atoms with E-state index in [1.807, 2.05) is 0 Å². The third-order valence-corrected chi connectivity index (χ3v) is 3.92. The van der Waals surface area contributed by atoms with Gasteiger partial charge < -0.3 is 15.7 Å². The standard InChI is InChI=1S/C12H12BrClN2O3/c13-9-3-6(14)1-2-8(9)12(19)16-5-7(17)4-10(16)11(15)18/h1-3,7,10,17H,4-5H2,(H2,15,18). The normalized spacial score (nSPS) is 22.6. The van der Waals surface area contributed by atoms with Crippen LogP contribution in [0.4, 0.5) is 0 Å². The van der Waals surface area contributed by atoms with Crippen LogP contribution in [0.1, 0.15) is 16.8 Å². The average Bonchev–Trinajstić information content (AvgIpc) is 2.70. The Morgan fingerprint density at radius 2 is 2.16 bits per heavy atom. The molecule has 1 aliphatic heterocycles. The van der Waals surface area contributed by atoms with Gasteiger partial charge in [0.15, 0.2) is 0 Å². The number of amides is 2. The number of β-amino-alcohol motifs (C(OH)–C–C–N with tert-alkyl or cyclic N) is 1. The number of hydrogen-bond donors (Lipinski definition) is 2. The van der Waals surface area contributed by atoms with Gasteiger partial charge in [0, 0.05) is 22.5 Å². The highest BCUT2D eigenvalue weighted by Gasteiger charge is 2.38. The molecule has 1 aromatic rings. The van der Waals surface area contributed by atoms with Crippen molar-refractivity contribution in [1.29, 1.82) is 0 Å². The highest BCUT2D eigenvalue weighted by Crippen LogP contribution is 2.26. The van der Waals surface area contributed by atoms with E-state index >= 15 is 0 Å². The fourth-order valence-corrected chi connectivity index (χ4v) is 2.98. The van der Waals surface area contributed by atoms with Crippen LogP contribution in [0.25, 0.3) is 0 Å². The maximum absolute atomic E-state index is 12.4. The summed E-state index contributed by atoms with van der Waals surface area (Å²) in [7, 11) is 0. The lowest BCUT2D eigenvalue weighted by molar-refractivity contribution is -0.121. The van der Waals surface area contributed by atoms with Gasteiger partial charge in [0.2, 0.25) is 5.91 Å². The number of hydrogen-bond acceptors (Lipinski definition) is 3. The highest BCUT2D eigenvalue weighted by molar-refractivity contribution is 9.10. The lowest BCUT2D eigenvalue weighted by Crippen LogP contribution is -2.43. The Bertz CT molecular complexity index is 538. The summed E-state index contributed by atoms with van der Waals surface area (Å²) in [4.78, 5) is 25.0. The average molecular weight is 348 g/mol. The minimum atomic E-state index is -0.773. The molecule has 0 aromatic heterocycles. The summed E-state index contributed by atoms with van der Waals surface area (Å²) >= 11 is 9.07. The van der Waals surface area contributed by atoms with Crippen molar-refractivity contribution in [1.82, 2.24) is 4.90 Å². The van der Waals surface area contributed by atoms with E-state index in [0.717, 1.165) is 0 Å². The van der Waals surface area contributed by atoms with Crippen molar-refractivity contribution in [3.8, 4) is 0 Å². The summed E-state index contributed by atoms with van der Waals surface area (Å²) in [6, 6.07) is 3.98. The molecular formula is C12H12BrClN2O3. The Hall–Kier alpha value is -1.11. The number of benzene rings is 1. The topological polar surface area (TPSA) is 83.6 Å². The maximum atomic E-state index is 12.4. The molecule has 2 amide bonds. The van der Waals surface area contributed by atoms with Crippen molar-refractivity contribution in [2.75, 3.05) is 6.54 Å². The third kappa shape index (κ3) is 2.91. The first-order valence-corrected chi connectivity index (χ1v) is 6.80. The minimum absolute atomic E-state index is 0.0987. The molecular weight excluding hydrogens is 336 g/mol. The number of likely N-dealkylation sites (tertiary alicyclic amines) is 1. The monoisotopic (exact) mass is 346 g/mol. The summed E-state index contributed by atoms with van der Waals surface area (Å²) < 4.78 is 0.537. The zero-order valence-electron chi connectivity index (χ0n) is 9.85. The first-order chi connectivity index (χ1) is 8.90. The molecule has 2 rings (SSSR count). The van der Waals surface area contributed by atoms with Crippen LogP contribution in [0.15, 0.2) is 22.7 Å². The third-order valence-electron chi connectivity index (χ3n) is 3.03. The Labute approximate surface area is 123 Å². The molecule has 2 atom stereocenters. The molecule has 1 saturated heterocycles. The second-order valence-electron chi connectivity index (χ2n) is 4.39. The number of nitrogens with zero attached hydrogens (tertiary/aromatic N) is 1. The molecule has 1 heterocycles. The Balaban J connectivity index is 2.30. The molecule has 3 N–H and O–H groups in total. The Kier molecular flexibility index (Phi) is 4.13. The second kappa shape index (κ2) is 5.48. The van der Waals surface area contributed by atoms with E-state index in [4.69, 9.17) is 17.3 Å². The lowest BCUT2D eigenvalue weighted by Gasteiger charge is -2.22. The van der Waals surface area contributed by atoms with Crippen molar-refractivity contribution in [2.45, 2.75) is 18.6 Å². The SMILES string of the molecule is NC(=O)C1CC(O)CN1C(=O)c1ccc(Cl)cc1Br. The molecule has 5 nitrogen and oxygen atoms in total. The van der Waals surface area contributed by atoms with E-state index < -0.39 is 18.1 Å². The fourth-order valence-electron chi connectivity index (χ4n) is 2.13. The van der Waals surface area contributed by atoms with Crippen LogP contribution in [0.3, 0.4) is 0 Å². The first kappa shape index (κ1) is 14.3. The van der Waals surface area contributed by atoms with Crippen LogP contribution >= 0.6 is 27.5 Å². The summed E-state index contributed by atoms with van der Waals surface area (Å²) in [5.74, 6) is -0.973. The van der Waals surface area contributed by atoms with E-state index in [1.54, 1.807) is 18.2 Å². The molecule has 0 saturated carbocycles. The van der Waals surface area contributed by atoms with E-state index in [0.29, 0.717) is 15.1 Å². The molecule has 1 aliphatic rings. The number of primary amides is 1. The smallest absolute Gasteiger partial charge is 0.255 e. The zero-order chi connectivity index (χ0) is 14.2. The van der Waals surface area contributed by atoms with E-state index in [2.05, 4.69) is 15.9 Å².